The molecule has 2 nitrogen and oxygen atoms in total. The van der Waals surface area contributed by atoms with Gasteiger partial charge in [-0.25, -0.2) is 0 Å². The molecule has 14 heavy (non-hydrogen) atoms. The zero-order valence-corrected chi connectivity index (χ0v) is 10.2. The van der Waals surface area contributed by atoms with Crippen LogP contribution in [0.15, 0.2) is 0 Å². The van der Waals surface area contributed by atoms with Crippen molar-refractivity contribution in [2.75, 3.05) is 13.2 Å². The predicted octanol–water partition coefficient (Wildman–Crippen LogP) is 2.36. The Bertz CT molecular complexity index is 217. The highest BCUT2D eigenvalue weighted by molar-refractivity contribution is 4.97. The Hall–Kier alpha value is -0.0800. The molecule has 2 aliphatic heterocycles. The molecule has 0 aromatic rings. The van der Waals surface area contributed by atoms with E-state index in [-0.39, 0.29) is 0 Å². The van der Waals surface area contributed by atoms with Gasteiger partial charge in [0, 0.05) is 12.1 Å². The second-order valence-corrected chi connectivity index (χ2v) is 6.27. The fraction of sp³-hybridized carbons (Fsp3) is 1.00. The fourth-order valence-electron chi connectivity index (χ4n) is 2.73. The van der Waals surface area contributed by atoms with Gasteiger partial charge in [-0.15, -0.1) is 0 Å². The monoisotopic (exact) mass is 196 g/mol. The Morgan fingerprint density at radius 3 is 2.36 bits per heavy atom. The minimum absolute atomic E-state index is 0.354. The van der Waals surface area contributed by atoms with E-state index in [1.54, 1.807) is 0 Å². The van der Waals surface area contributed by atoms with E-state index in [9.17, 15) is 0 Å². The molecule has 2 rings (SSSR count). The van der Waals surface area contributed by atoms with Crippen LogP contribution in [0.3, 0.4) is 0 Å². The Morgan fingerprint density at radius 1 is 1.21 bits per heavy atom. The van der Waals surface area contributed by atoms with Crippen LogP contribution in [0.25, 0.3) is 0 Å². The molecular weight excluding hydrogens is 172 g/mol. The lowest BCUT2D eigenvalue weighted by atomic mass is 9.94. The molecule has 0 aliphatic carbocycles. The summed E-state index contributed by atoms with van der Waals surface area (Å²) < 4.78 is 0. The lowest BCUT2D eigenvalue weighted by Crippen LogP contribution is -2.66. The average molecular weight is 196 g/mol. The smallest absolute Gasteiger partial charge is 0.0652 e. The van der Waals surface area contributed by atoms with Crippen molar-refractivity contribution < 1.29 is 0 Å². The number of nitrogens with zero attached hydrogens (tertiary/aromatic N) is 2. The molecule has 2 heteroatoms. The summed E-state index contributed by atoms with van der Waals surface area (Å²) in [6, 6.07) is 0. The normalized spacial score (nSPS) is 34.7. The zero-order valence-electron chi connectivity index (χ0n) is 10.2. The first-order valence-corrected chi connectivity index (χ1v) is 5.90. The molecule has 0 spiro atoms. The highest BCUT2D eigenvalue weighted by atomic mass is 15.6. The first-order valence-electron chi connectivity index (χ1n) is 5.90. The van der Waals surface area contributed by atoms with E-state index in [0.29, 0.717) is 5.54 Å². The van der Waals surface area contributed by atoms with Gasteiger partial charge in [0.15, 0.2) is 0 Å². The van der Waals surface area contributed by atoms with Crippen LogP contribution in [0.5, 0.6) is 0 Å². The topological polar surface area (TPSA) is 6.48 Å². The molecule has 2 heterocycles. The molecule has 2 saturated heterocycles. The lowest BCUT2D eigenvalue weighted by Gasteiger charge is -2.54. The lowest BCUT2D eigenvalue weighted by molar-refractivity contribution is -0.130. The van der Waals surface area contributed by atoms with Crippen molar-refractivity contribution in [2.45, 2.75) is 52.7 Å². The third-order valence-electron chi connectivity index (χ3n) is 3.90. The molecule has 2 atom stereocenters. The molecule has 0 saturated carbocycles. The SMILES string of the molecule is CC(C)C1CC2N(C1)CN2C(C)(C)C. The Morgan fingerprint density at radius 2 is 1.86 bits per heavy atom. The summed E-state index contributed by atoms with van der Waals surface area (Å²) >= 11 is 0. The molecule has 82 valence electrons. The van der Waals surface area contributed by atoms with E-state index >= 15 is 0 Å². The van der Waals surface area contributed by atoms with E-state index in [1.165, 1.54) is 19.6 Å². The van der Waals surface area contributed by atoms with Crippen molar-refractivity contribution in [1.82, 2.24) is 9.80 Å². The van der Waals surface area contributed by atoms with Gasteiger partial charge in [0.2, 0.25) is 0 Å². The van der Waals surface area contributed by atoms with Crippen molar-refractivity contribution in [3.05, 3.63) is 0 Å². The van der Waals surface area contributed by atoms with Crippen LogP contribution < -0.4 is 0 Å². The van der Waals surface area contributed by atoms with Crippen molar-refractivity contribution in [1.29, 1.82) is 0 Å². The molecule has 0 radical (unpaired) electrons. The third kappa shape index (κ3) is 1.59. The van der Waals surface area contributed by atoms with Crippen molar-refractivity contribution in [3.8, 4) is 0 Å². The minimum Gasteiger partial charge on any atom is -0.274 e. The molecule has 2 fully saturated rings. The van der Waals surface area contributed by atoms with E-state index in [0.717, 1.165) is 18.0 Å². The standard InChI is InChI=1S/C12H24N2/c1-9(2)10-6-11-13(7-10)8-14(11)12(3,4)5/h9-11H,6-8H2,1-5H3. The molecule has 2 aliphatic rings. The van der Waals surface area contributed by atoms with Crippen LogP contribution in [0.4, 0.5) is 0 Å². The van der Waals surface area contributed by atoms with E-state index < -0.39 is 0 Å². The Kier molecular flexibility index (Phi) is 2.39. The van der Waals surface area contributed by atoms with Crippen LogP contribution >= 0.6 is 0 Å². The molecule has 0 aromatic carbocycles. The summed E-state index contributed by atoms with van der Waals surface area (Å²) in [5.74, 6) is 1.77. The van der Waals surface area contributed by atoms with Crippen LogP contribution in [0, 0.1) is 11.8 Å². The molecular formula is C12H24N2. The predicted molar refractivity (Wildman–Crippen MR) is 59.9 cm³/mol. The molecule has 0 aromatic heterocycles. The van der Waals surface area contributed by atoms with Crippen LogP contribution in [0.1, 0.15) is 41.0 Å². The Balaban J connectivity index is 1.96. The number of fused-ring (bicyclic) bond motifs is 1. The molecule has 2 unspecified atom stereocenters. The van der Waals surface area contributed by atoms with Crippen molar-refractivity contribution in [3.63, 3.8) is 0 Å². The molecule has 0 bridgehead atoms. The largest absolute Gasteiger partial charge is 0.274 e. The first-order chi connectivity index (χ1) is 6.39. The molecule has 0 N–H and O–H groups in total. The van der Waals surface area contributed by atoms with Gasteiger partial charge in [-0.2, -0.15) is 0 Å². The van der Waals surface area contributed by atoms with Gasteiger partial charge in [0.25, 0.3) is 0 Å². The number of rotatable bonds is 1. The van der Waals surface area contributed by atoms with Gasteiger partial charge >= 0.3 is 0 Å². The van der Waals surface area contributed by atoms with Gasteiger partial charge in [-0.05, 0) is 39.0 Å². The zero-order chi connectivity index (χ0) is 10.5. The van der Waals surface area contributed by atoms with Gasteiger partial charge in [-0.3, -0.25) is 9.80 Å². The fourth-order valence-corrected chi connectivity index (χ4v) is 2.73. The number of hydrogen-bond acceptors (Lipinski definition) is 2. The second-order valence-electron chi connectivity index (χ2n) is 6.27. The van der Waals surface area contributed by atoms with Crippen LogP contribution in [-0.4, -0.2) is 34.7 Å². The van der Waals surface area contributed by atoms with Gasteiger partial charge in [-0.1, -0.05) is 13.8 Å². The quantitative estimate of drug-likeness (QED) is 0.635. The average Bonchev–Trinajstić information content (AvgIpc) is 2.25. The van der Waals surface area contributed by atoms with Crippen LogP contribution in [-0.2, 0) is 0 Å². The second kappa shape index (κ2) is 3.21. The van der Waals surface area contributed by atoms with Gasteiger partial charge in [0.1, 0.15) is 0 Å². The van der Waals surface area contributed by atoms with Gasteiger partial charge < -0.3 is 0 Å². The van der Waals surface area contributed by atoms with E-state index in [4.69, 9.17) is 0 Å². The minimum atomic E-state index is 0.354. The molecule has 0 amide bonds. The van der Waals surface area contributed by atoms with Crippen molar-refractivity contribution in [2.24, 2.45) is 11.8 Å². The summed E-state index contributed by atoms with van der Waals surface area (Å²) in [5.41, 5.74) is 0.354. The highest BCUT2D eigenvalue weighted by Crippen LogP contribution is 2.39. The number of hydrogen-bond donors (Lipinski definition) is 0. The highest BCUT2D eigenvalue weighted by Gasteiger charge is 2.48. The summed E-state index contributed by atoms with van der Waals surface area (Å²) in [7, 11) is 0. The summed E-state index contributed by atoms with van der Waals surface area (Å²) in [6.07, 6.45) is 2.14. The summed E-state index contributed by atoms with van der Waals surface area (Å²) in [5, 5.41) is 0. The summed E-state index contributed by atoms with van der Waals surface area (Å²) in [4.78, 5) is 5.27. The third-order valence-corrected chi connectivity index (χ3v) is 3.90. The Labute approximate surface area is 88.3 Å². The first kappa shape index (κ1) is 10.4. The maximum Gasteiger partial charge on any atom is 0.0652 e. The maximum atomic E-state index is 2.63. The van der Waals surface area contributed by atoms with Crippen LogP contribution in [0.2, 0.25) is 0 Å². The van der Waals surface area contributed by atoms with Crippen molar-refractivity contribution >= 4 is 0 Å². The maximum absolute atomic E-state index is 2.63. The van der Waals surface area contributed by atoms with Gasteiger partial charge in [0.05, 0.1) is 12.8 Å². The van der Waals surface area contributed by atoms with E-state index in [2.05, 4.69) is 44.4 Å². The summed E-state index contributed by atoms with van der Waals surface area (Å²) in [6.45, 7) is 14.2. The van der Waals surface area contributed by atoms with E-state index in [1.807, 2.05) is 0 Å².